The summed E-state index contributed by atoms with van der Waals surface area (Å²) in [7, 11) is 0. The number of amides is 1. The average molecular weight is 537 g/mol. The van der Waals surface area contributed by atoms with E-state index in [0.29, 0.717) is 25.3 Å². The standard InChI is InChI=1S/C17H13Br2ClN2O4S/c18-13-5-10(6-14(19)17(13)26-8-16(24)25)7-21-22-15(23)9-27-12-3-1-11(20)2-4-12/h1-7H,8-9H2,(H,22,23)(H,24,25)/b21-7-. The highest BCUT2D eigenvalue weighted by Crippen LogP contribution is 2.34. The first-order chi connectivity index (χ1) is 12.8. The molecule has 0 saturated heterocycles. The number of rotatable bonds is 8. The van der Waals surface area contributed by atoms with Gasteiger partial charge in [-0.3, -0.25) is 4.79 Å². The van der Waals surface area contributed by atoms with Crippen molar-refractivity contribution in [2.75, 3.05) is 12.4 Å². The Morgan fingerprint density at radius 2 is 1.85 bits per heavy atom. The van der Waals surface area contributed by atoms with Gasteiger partial charge in [0.25, 0.3) is 0 Å². The molecule has 2 aromatic rings. The van der Waals surface area contributed by atoms with Crippen LogP contribution >= 0.6 is 55.2 Å². The molecule has 0 aliphatic heterocycles. The number of carbonyl (C=O) groups is 2. The summed E-state index contributed by atoms with van der Waals surface area (Å²) in [6, 6.07) is 10.6. The predicted octanol–water partition coefficient (Wildman–Crippen LogP) is 4.57. The van der Waals surface area contributed by atoms with E-state index >= 15 is 0 Å². The van der Waals surface area contributed by atoms with Crippen LogP contribution in [0.5, 0.6) is 5.75 Å². The van der Waals surface area contributed by atoms with E-state index in [1.54, 1.807) is 24.3 Å². The number of thioether (sulfide) groups is 1. The number of carboxylic acids is 1. The van der Waals surface area contributed by atoms with Gasteiger partial charge in [0.1, 0.15) is 5.75 Å². The Bertz CT molecular complexity index is 840. The molecule has 1 amide bonds. The van der Waals surface area contributed by atoms with Crippen LogP contribution in [-0.2, 0) is 9.59 Å². The van der Waals surface area contributed by atoms with Gasteiger partial charge in [0.2, 0.25) is 5.91 Å². The van der Waals surface area contributed by atoms with Crippen LogP contribution in [0.25, 0.3) is 0 Å². The topological polar surface area (TPSA) is 88.0 Å². The van der Waals surface area contributed by atoms with Crippen LogP contribution < -0.4 is 10.2 Å². The quantitative estimate of drug-likeness (QED) is 0.293. The number of carboxylic acid groups (broad SMARTS) is 1. The van der Waals surface area contributed by atoms with Gasteiger partial charge in [-0.15, -0.1) is 11.8 Å². The largest absolute Gasteiger partial charge is 0.480 e. The lowest BCUT2D eigenvalue weighted by Gasteiger charge is -2.09. The number of nitrogens with zero attached hydrogens (tertiary/aromatic N) is 1. The first kappa shape index (κ1) is 21.7. The summed E-state index contributed by atoms with van der Waals surface area (Å²) in [4.78, 5) is 23.4. The molecule has 2 N–H and O–H groups in total. The molecule has 0 aliphatic carbocycles. The van der Waals surface area contributed by atoms with E-state index < -0.39 is 12.6 Å². The van der Waals surface area contributed by atoms with Crippen LogP contribution in [0.2, 0.25) is 5.02 Å². The summed E-state index contributed by atoms with van der Waals surface area (Å²) < 4.78 is 6.31. The number of benzene rings is 2. The Morgan fingerprint density at radius 3 is 2.44 bits per heavy atom. The second-order valence-corrected chi connectivity index (χ2v) is 8.23. The first-order valence-corrected chi connectivity index (χ1v) is 10.3. The minimum absolute atomic E-state index is 0.217. The van der Waals surface area contributed by atoms with Crippen LogP contribution in [-0.4, -0.2) is 35.6 Å². The zero-order chi connectivity index (χ0) is 19.8. The Labute approximate surface area is 181 Å². The van der Waals surface area contributed by atoms with Crippen molar-refractivity contribution in [3.8, 4) is 5.75 Å². The Hall–Kier alpha value is -1.55. The Kier molecular flexibility index (Phi) is 8.62. The third-order valence-corrected chi connectivity index (χ3v) is 5.39. The van der Waals surface area contributed by atoms with Crippen molar-refractivity contribution in [2.45, 2.75) is 4.90 Å². The number of hydrogen-bond acceptors (Lipinski definition) is 5. The lowest BCUT2D eigenvalue weighted by atomic mass is 10.2. The molecule has 0 saturated carbocycles. The second-order valence-electron chi connectivity index (χ2n) is 5.03. The minimum Gasteiger partial charge on any atom is -0.480 e. The van der Waals surface area contributed by atoms with E-state index in [9.17, 15) is 9.59 Å². The molecule has 0 heterocycles. The molecule has 0 aromatic heterocycles. The van der Waals surface area contributed by atoms with E-state index in [0.717, 1.165) is 4.90 Å². The fourth-order valence-corrected chi connectivity index (χ4v) is 4.08. The number of aliphatic carboxylic acids is 1. The van der Waals surface area contributed by atoms with E-state index in [1.807, 2.05) is 12.1 Å². The number of ether oxygens (including phenoxy) is 1. The van der Waals surface area contributed by atoms with Gasteiger partial charge in [-0.25, -0.2) is 10.2 Å². The molecular weight excluding hydrogens is 524 g/mol. The number of carbonyl (C=O) groups excluding carboxylic acids is 1. The SMILES string of the molecule is O=C(O)COc1c(Br)cc(/C=N\NC(=O)CSc2ccc(Cl)cc2)cc1Br. The third-order valence-electron chi connectivity index (χ3n) is 2.95. The highest BCUT2D eigenvalue weighted by Gasteiger charge is 2.10. The van der Waals surface area contributed by atoms with E-state index in [2.05, 4.69) is 42.4 Å². The number of hydrogen-bond donors (Lipinski definition) is 2. The zero-order valence-electron chi connectivity index (χ0n) is 13.6. The van der Waals surface area contributed by atoms with Crippen molar-refractivity contribution in [2.24, 2.45) is 5.10 Å². The number of halogens is 3. The molecule has 0 radical (unpaired) electrons. The lowest BCUT2D eigenvalue weighted by molar-refractivity contribution is -0.139. The smallest absolute Gasteiger partial charge is 0.341 e. The van der Waals surface area contributed by atoms with Gasteiger partial charge >= 0.3 is 5.97 Å². The molecule has 2 rings (SSSR count). The van der Waals surface area contributed by atoms with Crippen molar-refractivity contribution in [1.82, 2.24) is 5.43 Å². The molecule has 0 unspecified atom stereocenters. The van der Waals surface area contributed by atoms with Crippen molar-refractivity contribution < 1.29 is 19.4 Å². The van der Waals surface area contributed by atoms with Crippen molar-refractivity contribution in [3.05, 3.63) is 55.9 Å². The highest BCUT2D eigenvalue weighted by atomic mass is 79.9. The van der Waals surface area contributed by atoms with Gasteiger partial charge in [0.15, 0.2) is 6.61 Å². The summed E-state index contributed by atoms with van der Waals surface area (Å²) >= 11 is 13.8. The van der Waals surface area contributed by atoms with E-state index in [4.69, 9.17) is 21.4 Å². The van der Waals surface area contributed by atoms with Gasteiger partial charge in [0.05, 0.1) is 20.9 Å². The molecule has 27 heavy (non-hydrogen) atoms. The van der Waals surface area contributed by atoms with Gasteiger partial charge < -0.3 is 9.84 Å². The van der Waals surface area contributed by atoms with Crippen LogP contribution in [0, 0.1) is 0 Å². The van der Waals surface area contributed by atoms with Crippen molar-refractivity contribution in [3.63, 3.8) is 0 Å². The molecule has 0 atom stereocenters. The van der Waals surface area contributed by atoms with Crippen LogP contribution in [0.3, 0.4) is 0 Å². The zero-order valence-corrected chi connectivity index (χ0v) is 18.4. The molecular formula is C17H13Br2ClN2O4S. The van der Waals surface area contributed by atoms with Gasteiger partial charge in [-0.05, 0) is 73.8 Å². The van der Waals surface area contributed by atoms with E-state index in [1.165, 1.54) is 18.0 Å². The van der Waals surface area contributed by atoms with Crippen LogP contribution in [0.1, 0.15) is 5.56 Å². The maximum absolute atomic E-state index is 11.8. The highest BCUT2D eigenvalue weighted by molar-refractivity contribution is 9.11. The lowest BCUT2D eigenvalue weighted by Crippen LogP contribution is -2.19. The predicted molar refractivity (Wildman–Crippen MR) is 113 cm³/mol. The fraction of sp³-hybridized carbons (Fsp3) is 0.118. The fourth-order valence-electron chi connectivity index (χ4n) is 1.82. The second kappa shape index (κ2) is 10.7. The molecule has 142 valence electrons. The Morgan fingerprint density at radius 1 is 1.22 bits per heavy atom. The van der Waals surface area contributed by atoms with Crippen molar-refractivity contribution >= 4 is 73.3 Å². The average Bonchev–Trinajstić information content (AvgIpc) is 2.60. The number of nitrogens with one attached hydrogen (secondary N) is 1. The summed E-state index contributed by atoms with van der Waals surface area (Å²) in [5.41, 5.74) is 3.13. The first-order valence-electron chi connectivity index (χ1n) is 7.39. The molecule has 10 heteroatoms. The van der Waals surface area contributed by atoms with Gasteiger partial charge in [-0.1, -0.05) is 11.6 Å². The molecule has 0 aliphatic rings. The molecule has 2 aromatic carbocycles. The molecule has 0 bridgehead atoms. The summed E-state index contributed by atoms with van der Waals surface area (Å²) in [5.74, 6) is -0.726. The molecule has 0 spiro atoms. The minimum atomic E-state index is -1.07. The normalized spacial score (nSPS) is 10.8. The monoisotopic (exact) mass is 534 g/mol. The maximum atomic E-state index is 11.8. The molecule has 6 nitrogen and oxygen atoms in total. The third kappa shape index (κ3) is 7.53. The summed E-state index contributed by atoms with van der Waals surface area (Å²) in [6.07, 6.45) is 1.47. The maximum Gasteiger partial charge on any atom is 0.341 e. The summed E-state index contributed by atoms with van der Waals surface area (Å²) in [6.45, 7) is -0.452. The van der Waals surface area contributed by atoms with Crippen LogP contribution in [0.4, 0.5) is 0 Å². The van der Waals surface area contributed by atoms with E-state index in [-0.39, 0.29) is 11.7 Å². The van der Waals surface area contributed by atoms with Crippen LogP contribution in [0.15, 0.2) is 55.3 Å². The van der Waals surface area contributed by atoms with Gasteiger partial charge in [-0.2, -0.15) is 5.10 Å². The number of hydrazone groups is 1. The van der Waals surface area contributed by atoms with Crippen molar-refractivity contribution in [1.29, 1.82) is 0 Å². The summed E-state index contributed by atoms with van der Waals surface area (Å²) in [5, 5.41) is 13.2. The van der Waals surface area contributed by atoms with Gasteiger partial charge in [0, 0.05) is 9.92 Å². The Balaban J connectivity index is 1.88. The molecule has 0 fully saturated rings.